The maximum absolute atomic E-state index is 14.1. The summed E-state index contributed by atoms with van der Waals surface area (Å²) in [5, 5.41) is 0. The number of nitrogens with one attached hydrogen (secondary N) is 1. The molecule has 0 amide bonds. The van der Waals surface area contributed by atoms with Crippen LogP contribution in [0.15, 0.2) is 0 Å². The quantitative estimate of drug-likeness (QED) is 0.162. The van der Waals surface area contributed by atoms with Crippen LogP contribution in [0.5, 0.6) is 0 Å². The molecule has 0 aromatic rings. The molecular formula is C19H29F14NO2S2. The lowest BCUT2D eigenvalue weighted by Crippen LogP contribution is -2.57. The van der Waals surface area contributed by atoms with E-state index in [0.29, 0.717) is 12.2 Å². The second-order valence-electron chi connectivity index (χ2n) is 9.73. The lowest BCUT2D eigenvalue weighted by molar-refractivity contribution is -0.356. The zero-order valence-corrected chi connectivity index (χ0v) is 22.0. The van der Waals surface area contributed by atoms with Crippen molar-refractivity contribution in [2.45, 2.75) is 74.6 Å². The Bertz CT molecular complexity index is 774. The number of halogens is 14. The highest BCUT2D eigenvalue weighted by Crippen LogP contribution is 2.55. The van der Waals surface area contributed by atoms with Crippen LogP contribution in [0.1, 0.15) is 38.5 Å². The Labute approximate surface area is 212 Å². The van der Waals surface area contributed by atoms with Crippen molar-refractivity contribution in [3.05, 3.63) is 0 Å². The van der Waals surface area contributed by atoms with Crippen LogP contribution in [-0.4, -0.2) is 81.3 Å². The van der Waals surface area contributed by atoms with Crippen LogP contribution < -0.4 is 4.72 Å². The minimum atomic E-state index is -6.80. The summed E-state index contributed by atoms with van der Waals surface area (Å²) >= 11 is 0. The van der Waals surface area contributed by atoms with Crippen molar-refractivity contribution in [3.8, 4) is 0 Å². The topological polar surface area (TPSA) is 46.2 Å². The third kappa shape index (κ3) is 10.7. The normalized spacial score (nSPS) is 15.8. The van der Waals surface area contributed by atoms with Crippen molar-refractivity contribution in [1.82, 2.24) is 4.72 Å². The monoisotopic (exact) mass is 633 g/mol. The van der Waals surface area contributed by atoms with Gasteiger partial charge in [0.2, 0.25) is 10.0 Å². The van der Waals surface area contributed by atoms with Gasteiger partial charge in [0.1, 0.15) is 0 Å². The fourth-order valence-corrected chi connectivity index (χ4v) is 5.58. The number of alkyl halides is 14. The Morgan fingerprint density at radius 3 is 1.26 bits per heavy atom. The summed E-state index contributed by atoms with van der Waals surface area (Å²) < 4.78 is 209. The maximum atomic E-state index is 14.1. The second-order valence-corrected chi connectivity index (χ2v) is 16.2. The van der Waals surface area contributed by atoms with E-state index in [1.165, 1.54) is 0 Å². The van der Waals surface area contributed by atoms with Gasteiger partial charge < -0.3 is 0 Å². The first-order valence-corrected chi connectivity index (χ1v) is 15.4. The molecule has 232 valence electrons. The Balaban J connectivity index is 5.75. The standard InChI is InChI=1S/C19H29F14NO2S2/c1-37(2,3)9-6-8-34-38(35,36)10-5-4-7-13(11-14(20,16(22,23)24)17(25,26)27)12-15(21,18(28,29)30)19(31,32)33/h13,34H,4-12H2,1-3H3. The molecule has 19 heteroatoms. The highest BCUT2D eigenvalue weighted by Gasteiger charge is 2.75. The summed E-state index contributed by atoms with van der Waals surface area (Å²) in [5.74, 6) is -3.24. The van der Waals surface area contributed by atoms with Crippen LogP contribution >= 0.6 is 10.0 Å². The molecular weight excluding hydrogens is 604 g/mol. The molecule has 0 atom stereocenters. The highest BCUT2D eigenvalue weighted by atomic mass is 32.3. The first kappa shape index (κ1) is 37.3. The molecule has 3 nitrogen and oxygen atoms in total. The minimum absolute atomic E-state index is 0.0295. The molecule has 0 bridgehead atoms. The van der Waals surface area contributed by atoms with Gasteiger partial charge in [0, 0.05) is 19.4 Å². The maximum Gasteiger partial charge on any atom is 0.431 e. The van der Waals surface area contributed by atoms with Gasteiger partial charge >= 0.3 is 24.7 Å². The molecule has 0 aromatic carbocycles. The number of unbranched alkanes of at least 4 members (excludes halogenated alkanes) is 1. The summed E-state index contributed by atoms with van der Waals surface area (Å²) in [5.41, 5.74) is -12.5. The van der Waals surface area contributed by atoms with Crippen LogP contribution in [-0.2, 0) is 10.0 Å². The van der Waals surface area contributed by atoms with Crippen LogP contribution in [0.25, 0.3) is 0 Å². The molecule has 0 unspecified atom stereocenters. The molecule has 0 aliphatic rings. The van der Waals surface area contributed by atoms with E-state index in [4.69, 9.17) is 0 Å². The lowest BCUT2D eigenvalue weighted by atomic mass is 9.80. The van der Waals surface area contributed by atoms with E-state index in [9.17, 15) is 69.9 Å². The van der Waals surface area contributed by atoms with Gasteiger partial charge in [-0.3, -0.25) is 0 Å². The van der Waals surface area contributed by atoms with Crippen molar-refractivity contribution in [2.75, 3.05) is 36.8 Å². The second kappa shape index (κ2) is 12.4. The summed E-state index contributed by atoms with van der Waals surface area (Å²) in [6.07, 6.45) is -29.8. The summed E-state index contributed by atoms with van der Waals surface area (Å²) in [6, 6.07) is 0. The fourth-order valence-electron chi connectivity index (χ4n) is 3.39. The van der Waals surface area contributed by atoms with Gasteiger partial charge in [0.05, 0.1) is 5.75 Å². The van der Waals surface area contributed by atoms with E-state index >= 15 is 0 Å². The highest BCUT2D eigenvalue weighted by molar-refractivity contribution is 8.32. The van der Waals surface area contributed by atoms with Crippen molar-refractivity contribution < 1.29 is 69.9 Å². The summed E-state index contributed by atoms with van der Waals surface area (Å²) in [7, 11) is -5.03. The molecule has 0 rings (SSSR count). The average molecular weight is 634 g/mol. The molecule has 0 heterocycles. The Morgan fingerprint density at radius 1 is 0.579 bits per heavy atom. The first-order valence-electron chi connectivity index (χ1n) is 10.8. The molecule has 38 heavy (non-hydrogen) atoms. The van der Waals surface area contributed by atoms with Crippen LogP contribution in [0.4, 0.5) is 61.5 Å². The van der Waals surface area contributed by atoms with Gasteiger partial charge in [-0.05, 0) is 43.3 Å². The van der Waals surface area contributed by atoms with E-state index in [-0.39, 0.29) is 6.54 Å². The van der Waals surface area contributed by atoms with Gasteiger partial charge in [-0.15, -0.1) is 0 Å². The van der Waals surface area contributed by atoms with Crippen molar-refractivity contribution >= 4 is 20.1 Å². The molecule has 0 saturated heterocycles. The van der Waals surface area contributed by atoms with E-state index in [2.05, 4.69) is 4.72 Å². The Kier molecular flexibility index (Phi) is 12.2. The van der Waals surface area contributed by atoms with Crippen LogP contribution in [0.2, 0.25) is 0 Å². The largest absolute Gasteiger partial charge is 0.431 e. The molecule has 0 fully saturated rings. The molecule has 0 aliphatic heterocycles. The van der Waals surface area contributed by atoms with Crippen molar-refractivity contribution in [3.63, 3.8) is 0 Å². The first-order chi connectivity index (χ1) is 16.5. The molecule has 0 aliphatic carbocycles. The smallest absolute Gasteiger partial charge is 0.250 e. The van der Waals surface area contributed by atoms with E-state index in [0.717, 1.165) is 0 Å². The predicted molar refractivity (Wildman–Crippen MR) is 115 cm³/mol. The molecule has 1 N–H and O–H groups in total. The average Bonchev–Trinajstić information content (AvgIpc) is 2.64. The summed E-state index contributed by atoms with van der Waals surface area (Å²) in [4.78, 5) is 0. The SMILES string of the molecule is CS(C)(C)CCCNS(=O)(=O)CCCCC(CC(F)(C(F)(F)F)C(F)(F)F)CC(F)(C(F)(F)F)C(F)(F)F. The molecule has 0 aromatic heterocycles. The van der Waals surface area contributed by atoms with Gasteiger partial charge in [-0.2, -0.15) is 52.7 Å². The Morgan fingerprint density at radius 2 is 0.947 bits per heavy atom. The molecule has 0 saturated carbocycles. The van der Waals surface area contributed by atoms with Crippen molar-refractivity contribution in [1.29, 1.82) is 0 Å². The predicted octanol–water partition coefficient (Wildman–Crippen LogP) is 7.22. The van der Waals surface area contributed by atoms with E-state index in [1.54, 1.807) is 0 Å². The summed E-state index contributed by atoms with van der Waals surface area (Å²) in [6.45, 7) is -0.0295. The van der Waals surface area contributed by atoms with Crippen LogP contribution in [0.3, 0.4) is 0 Å². The molecule has 0 spiro atoms. The number of sulfonamides is 1. The van der Waals surface area contributed by atoms with Gasteiger partial charge in [0.15, 0.2) is 0 Å². The number of hydrogen-bond donors (Lipinski definition) is 1. The van der Waals surface area contributed by atoms with Crippen LogP contribution in [0, 0.1) is 5.92 Å². The molecule has 0 radical (unpaired) electrons. The van der Waals surface area contributed by atoms with Gasteiger partial charge in [-0.25, -0.2) is 31.9 Å². The van der Waals surface area contributed by atoms with Crippen molar-refractivity contribution in [2.24, 2.45) is 5.92 Å². The zero-order chi connectivity index (χ0) is 30.6. The van der Waals surface area contributed by atoms with E-state index in [1.807, 2.05) is 18.8 Å². The number of hydrogen-bond acceptors (Lipinski definition) is 2. The van der Waals surface area contributed by atoms with Gasteiger partial charge in [0.25, 0.3) is 11.3 Å². The Hall–Kier alpha value is -0.720. The minimum Gasteiger partial charge on any atom is -0.250 e. The zero-order valence-electron chi connectivity index (χ0n) is 20.4. The number of rotatable bonds is 14. The fraction of sp³-hybridized carbons (Fsp3) is 1.00. The van der Waals surface area contributed by atoms with E-state index < -0.39 is 99.9 Å². The third-order valence-corrected chi connectivity index (χ3v) is 8.45. The van der Waals surface area contributed by atoms with Gasteiger partial charge in [-0.1, -0.05) is 12.8 Å². The lowest BCUT2D eigenvalue weighted by Gasteiger charge is -2.37. The third-order valence-electron chi connectivity index (χ3n) is 5.47.